The molecule has 0 aliphatic rings. The molecule has 1 aromatic heterocycles. The van der Waals surface area contributed by atoms with E-state index in [9.17, 15) is 8.78 Å². The van der Waals surface area contributed by atoms with E-state index in [0.29, 0.717) is 5.76 Å². The standard InChI is InChI=1S/C11H8F2O2/c1-14-11-8(12)5-4-7(10(11)13)9-3-2-6-15-9/h2-6H,1H3. The van der Waals surface area contributed by atoms with E-state index in [4.69, 9.17) is 4.42 Å². The fourth-order valence-corrected chi connectivity index (χ4v) is 1.34. The van der Waals surface area contributed by atoms with Crippen LogP contribution in [0.3, 0.4) is 0 Å². The van der Waals surface area contributed by atoms with Crippen molar-refractivity contribution in [1.82, 2.24) is 0 Å². The average molecular weight is 210 g/mol. The Kier molecular flexibility index (Phi) is 2.41. The Labute approximate surface area is 85.1 Å². The van der Waals surface area contributed by atoms with Gasteiger partial charge in [-0.05, 0) is 24.3 Å². The molecule has 0 aliphatic carbocycles. The molecule has 2 nitrogen and oxygen atoms in total. The third-order valence-electron chi connectivity index (χ3n) is 2.04. The van der Waals surface area contributed by atoms with Crippen LogP contribution < -0.4 is 4.74 Å². The molecule has 15 heavy (non-hydrogen) atoms. The summed E-state index contributed by atoms with van der Waals surface area (Å²) in [5.41, 5.74) is 0.179. The molecular formula is C11H8F2O2. The molecule has 0 unspecified atom stereocenters. The molecule has 1 aromatic carbocycles. The van der Waals surface area contributed by atoms with Gasteiger partial charge in [0.25, 0.3) is 0 Å². The van der Waals surface area contributed by atoms with Gasteiger partial charge in [0, 0.05) is 0 Å². The minimum atomic E-state index is -0.757. The van der Waals surface area contributed by atoms with E-state index in [2.05, 4.69) is 4.74 Å². The number of hydrogen-bond acceptors (Lipinski definition) is 2. The van der Waals surface area contributed by atoms with Crippen LogP contribution in [0.15, 0.2) is 34.9 Å². The number of rotatable bonds is 2. The van der Waals surface area contributed by atoms with Crippen molar-refractivity contribution in [2.24, 2.45) is 0 Å². The normalized spacial score (nSPS) is 10.3. The van der Waals surface area contributed by atoms with Crippen molar-refractivity contribution in [2.75, 3.05) is 7.11 Å². The maximum Gasteiger partial charge on any atom is 0.191 e. The van der Waals surface area contributed by atoms with E-state index in [1.165, 1.54) is 19.4 Å². The Morgan fingerprint density at radius 1 is 1.20 bits per heavy atom. The highest BCUT2D eigenvalue weighted by atomic mass is 19.1. The zero-order valence-corrected chi connectivity index (χ0v) is 7.96. The Balaban J connectivity index is 2.60. The molecule has 0 saturated carbocycles. The first kappa shape index (κ1) is 9.71. The lowest BCUT2D eigenvalue weighted by Gasteiger charge is -2.06. The van der Waals surface area contributed by atoms with Crippen LogP contribution in [0.2, 0.25) is 0 Å². The van der Waals surface area contributed by atoms with Crippen molar-refractivity contribution < 1.29 is 17.9 Å². The molecule has 0 radical (unpaired) electrons. The van der Waals surface area contributed by atoms with Gasteiger partial charge in [-0.15, -0.1) is 0 Å². The fraction of sp³-hybridized carbons (Fsp3) is 0.0909. The van der Waals surface area contributed by atoms with E-state index >= 15 is 0 Å². The molecule has 2 rings (SSSR count). The van der Waals surface area contributed by atoms with Crippen LogP contribution in [0.4, 0.5) is 8.78 Å². The van der Waals surface area contributed by atoms with Gasteiger partial charge in [0.2, 0.25) is 0 Å². The molecule has 0 atom stereocenters. The topological polar surface area (TPSA) is 22.4 Å². The predicted molar refractivity (Wildman–Crippen MR) is 50.6 cm³/mol. The van der Waals surface area contributed by atoms with Crippen LogP contribution in [0, 0.1) is 11.6 Å². The van der Waals surface area contributed by atoms with Crippen molar-refractivity contribution in [3.05, 3.63) is 42.2 Å². The van der Waals surface area contributed by atoms with E-state index in [-0.39, 0.29) is 5.56 Å². The highest BCUT2D eigenvalue weighted by Crippen LogP contribution is 2.31. The van der Waals surface area contributed by atoms with Crippen LogP contribution >= 0.6 is 0 Å². The van der Waals surface area contributed by atoms with Crippen LogP contribution in [0.1, 0.15) is 0 Å². The van der Waals surface area contributed by atoms with Gasteiger partial charge in [0.15, 0.2) is 17.4 Å². The molecule has 4 heteroatoms. The summed E-state index contributed by atoms with van der Waals surface area (Å²) in [6, 6.07) is 5.67. The van der Waals surface area contributed by atoms with Crippen LogP contribution in [0.5, 0.6) is 5.75 Å². The van der Waals surface area contributed by atoms with E-state index < -0.39 is 17.4 Å². The van der Waals surface area contributed by atoms with Gasteiger partial charge >= 0.3 is 0 Å². The quantitative estimate of drug-likeness (QED) is 0.759. The summed E-state index contributed by atoms with van der Waals surface area (Å²) in [7, 11) is 1.22. The van der Waals surface area contributed by atoms with Crippen molar-refractivity contribution in [1.29, 1.82) is 0 Å². The number of ether oxygens (including phenoxy) is 1. The molecule has 0 spiro atoms. The smallest absolute Gasteiger partial charge is 0.191 e. The van der Waals surface area contributed by atoms with Crippen molar-refractivity contribution >= 4 is 0 Å². The zero-order valence-electron chi connectivity index (χ0n) is 7.96. The molecule has 0 N–H and O–H groups in total. The molecule has 0 bridgehead atoms. The number of halogens is 2. The maximum atomic E-state index is 13.7. The second-order valence-corrected chi connectivity index (χ2v) is 2.92. The minimum Gasteiger partial charge on any atom is -0.491 e. The highest BCUT2D eigenvalue weighted by molar-refractivity contribution is 5.60. The van der Waals surface area contributed by atoms with E-state index in [1.807, 2.05) is 0 Å². The first-order chi connectivity index (χ1) is 7.24. The summed E-state index contributed by atoms with van der Waals surface area (Å²) in [5, 5.41) is 0. The van der Waals surface area contributed by atoms with Crippen molar-refractivity contribution in [3.63, 3.8) is 0 Å². The van der Waals surface area contributed by atoms with Gasteiger partial charge < -0.3 is 9.15 Å². The summed E-state index contributed by atoms with van der Waals surface area (Å²) < 4.78 is 36.4. The Morgan fingerprint density at radius 3 is 2.60 bits per heavy atom. The molecule has 1 heterocycles. The average Bonchev–Trinajstić information content (AvgIpc) is 2.71. The maximum absolute atomic E-state index is 13.7. The summed E-state index contributed by atoms with van der Waals surface area (Å²) in [6.07, 6.45) is 1.42. The Bertz CT molecular complexity index is 464. The monoisotopic (exact) mass is 210 g/mol. The Hall–Kier alpha value is -1.84. The number of benzene rings is 1. The summed E-state index contributed by atoms with van der Waals surface area (Å²) in [4.78, 5) is 0. The molecule has 0 aliphatic heterocycles. The lowest BCUT2D eigenvalue weighted by molar-refractivity contribution is 0.360. The first-order valence-corrected chi connectivity index (χ1v) is 4.30. The molecule has 2 aromatic rings. The fourth-order valence-electron chi connectivity index (χ4n) is 1.34. The van der Waals surface area contributed by atoms with Crippen molar-refractivity contribution in [3.8, 4) is 17.1 Å². The second-order valence-electron chi connectivity index (χ2n) is 2.92. The molecular weight excluding hydrogens is 202 g/mol. The van der Waals surface area contributed by atoms with Gasteiger partial charge in [0.1, 0.15) is 5.76 Å². The van der Waals surface area contributed by atoms with Crippen molar-refractivity contribution in [2.45, 2.75) is 0 Å². The lowest BCUT2D eigenvalue weighted by atomic mass is 10.1. The van der Waals surface area contributed by atoms with Gasteiger partial charge in [0.05, 0.1) is 18.9 Å². The lowest BCUT2D eigenvalue weighted by Crippen LogP contribution is -1.94. The number of furan rings is 1. The largest absolute Gasteiger partial charge is 0.491 e. The van der Waals surface area contributed by atoms with Crippen LogP contribution in [0.25, 0.3) is 11.3 Å². The first-order valence-electron chi connectivity index (χ1n) is 4.30. The molecule has 0 fully saturated rings. The summed E-state index contributed by atoms with van der Waals surface area (Å²) in [6.45, 7) is 0. The van der Waals surface area contributed by atoms with Gasteiger partial charge in [-0.2, -0.15) is 0 Å². The predicted octanol–water partition coefficient (Wildman–Crippen LogP) is 3.23. The second kappa shape index (κ2) is 3.73. The number of methoxy groups -OCH3 is 1. The van der Waals surface area contributed by atoms with Crippen LogP contribution in [-0.2, 0) is 0 Å². The summed E-state index contributed by atoms with van der Waals surface area (Å²) in [5.74, 6) is -1.55. The Morgan fingerprint density at radius 2 is 2.00 bits per heavy atom. The van der Waals surface area contributed by atoms with Gasteiger partial charge in [-0.1, -0.05) is 0 Å². The summed E-state index contributed by atoms with van der Waals surface area (Å²) >= 11 is 0. The third-order valence-corrected chi connectivity index (χ3v) is 2.04. The van der Waals surface area contributed by atoms with Gasteiger partial charge in [-0.3, -0.25) is 0 Å². The molecule has 0 amide bonds. The third kappa shape index (κ3) is 1.58. The molecule has 0 saturated heterocycles. The van der Waals surface area contributed by atoms with Crippen LogP contribution in [-0.4, -0.2) is 7.11 Å². The zero-order chi connectivity index (χ0) is 10.8. The number of hydrogen-bond donors (Lipinski definition) is 0. The molecule has 78 valence electrons. The van der Waals surface area contributed by atoms with Gasteiger partial charge in [-0.25, -0.2) is 8.78 Å². The van der Waals surface area contributed by atoms with E-state index in [1.54, 1.807) is 12.1 Å². The minimum absolute atomic E-state index is 0.179. The highest BCUT2D eigenvalue weighted by Gasteiger charge is 2.16. The van der Waals surface area contributed by atoms with E-state index in [0.717, 1.165) is 6.07 Å². The SMILES string of the molecule is COc1c(F)ccc(-c2ccco2)c1F.